The summed E-state index contributed by atoms with van der Waals surface area (Å²) in [5, 5.41) is 8.02. The number of nitrogens with zero attached hydrogens (tertiary/aromatic N) is 4. The molecule has 1 N–H and O–H groups in total. The molecule has 1 amide bonds. The fourth-order valence-corrected chi connectivity index (χ4v) is 4.08. The van der Waals surface area contributed by atoms with Crippen LogP contribution in [-0.2, 0) is 18.4 Å². The minimum absolute atomic E-state index is 0.0544. The zero-order chi connectivity index (χ0) is 19.7. The zero-order valence-electron chi connectivity index (χ0n) is 17.0. The maximum absolute atomic E-state index is 12.4. The van der Waals surface area contributed by atoms with E-state index in [9.17, 15) is 4.79 Å². The molecule has 0 bridgehead atoms. The predicted octanol–water partition coefficient (Wildman–Crippen LogP) is 2.06. The fourth-order valence-electron chi connectivity index (χ4n) is 4.08. The molecule has 0 unspecified atom stereocenters. The van der Waals surface area contributed by atoms with Gasteiger partial charge in [0.1, 0.15) is 5.75 Å². The SMILES string of the molecule is COc1cc(C)nc(CNC[C@@H]2CC(=O)N(C)[C@H]2c2c(C)nn(C)c2C)c1. The zero-order valence-corrected chi connectivity index (χ0v) is 17.0. The Hall–Kier alpha value is -2.41. The third kappa shape index (κ3) is 3.83. The molecule has 0 radical (unpaired) electrons. The lowest BCUT2D eigenvalue weighted by Gasteiger charge is -2.26. The maximum Gasteiger partial charge on any atom is 0.223 e. The van der Waals surface area contributed by atoms with Gasteiger partial charge in [0.2, 0.25) is 5.91 Å². The van der Waals surface area contributed by atoms with Gasteiger partial charge in [-0.25, -0.2) is 0 Å². The molecule has 27 heavy (non-hydrogen) atoms. The number of carbonyl (C=O) groups is 1. The molecule has 1 aliphatic heterocycles. The molecular weight excluding hydrogens is 342 g/mol. The van der Waals surface area contributed by atoms with Gasteiger partial charge in [-0.3, -0.25) is 14.5 Å². The number of pyridine rings is 1. The van der Waals surface area contributed by atoms with Gasteiger partial charge < -0.3 is 15.0 Å². The third-order valence-electron chi connectivity index (χ3n) is 5.48. The number of carbonyl (C=O) groups excluding carboxylic acids is 1. The summed E-state index contributed by atoms with van der Waals surface area (Å²) in [5.74, 6) is 1.20. The minimum Gasteiger partial charge on any atom is -0.497 e. The van der Waals surface area contributed by atoms with E-state index in [2.05, 4.69) is 22.3 Å². The van der Waals surface area contributed by atoms with Crippen LogP contribution in [0.4, 0.5) is 0 Å². The summed E-state index contributed by atoms with van der Waals surface area (Å²) in [6.07, 6.45) is 0.548. The molecule has 0 spiro atoms. The average Bonchev–Trinajstić information content (AvgIpc) is 3.02. The van der Waals surface area contributed by atoms with E-state index in [1.165, 1.54) is 5.56 Å². The number of likely N-dealkylation sites (tertiary alicyclic amines) is 1. The topological polar surface area (TPSA) is 72.3 Å². The second-order valence-electron chi connectivity index (χ2n) is 7.39. The molecule has 1 saturated heterocycles. The van der Waals surface area contributed by atoms with Crippen molar-refractivity contribution in [1.82, 2.24) is 25.0 Å². The average molecular weight is 371 g/mol. The molecule has 3 heterocycles. The van der Waals surface area contributed by atoms with Crippen molar-refractivity contribution in [3.63, 3.8) is 0 Å². The van der Waals surface area contributed by atoms with E-state index in [1.807, 2.05) is 49.7 Å². The lowest BCUT2D eigenvalue weighted by molar-refractivity contribution is -0.127. The number of rotatable bonds is 6. The number of aryl methyl sites for hydroxylation is 3. The predicted molar refractivity (Wildman–Crippen MR) is 104 cm³/mol. The van der Waals surface area contributed by atoms with Crippen molar-refractivity contribution in [1.29, 1.82) is 0 Å². The van der Waals surface area contributed by atoms with Crippen LogP contribution in [0.1, 0.15) is 40.8 Å². The van der Waals surface area contributed by atoms with E-state index in [0.29, 0.717) is 13.0 Å². The Morgan fingerprint density at radius 1 is 1.26 bits per heavy atom. The van der Waals surface area contributed by atoms with Gasteiger partial charge in [0.25, 0.3) is 0 Å². The second-order valence-corrected chi connectivity index (χ2v) is 7.39. The van der Waals surface area contributed by atoms with E-state index in [0.717, 1.165) is 35.1 Å². The number of aromatic nitrogens is 3. The Morgan fingerprint density at radius 2 is 2.00 bits per heavy atom. The largest absolute Gasteiger partial charge is 0.497 e. The molecule has 0 aromatic carbocycles. The van der Waals surface area contributed by atoms with Gasteiger partial charge in [-0.15, -0.1) is 0 Å². The van der Waals surface area contributed by atoms with E-state index >= 15 is 0 Å². The molecule has 7 nitrogen and oxygen atoms in total. The lowest BCUT2D eigenvalue weighted by atomic mass is 9.92. The Labute approximate surface area is 160 Å². The molecule has 7 heteroatoms. The van der Waals surface area contributed by atoms with Crippen molar-refractivity contribution in [2.24, 2.45) is 13.0 Å². The highest BCUT2D eigenvalue weighted by molar-refractivity contribution is 5.79. The smallest absolute Gasteiger partial charge is 0.223 e. The molecule has 1 fully saturated rings. The molecule has 2 aromatic rings. The molecule has 2 aromatic heterocycles. The van der Waals surface area contributed by atoms with Crippen molar-refractivity contribution < 1.29 is 9.53 Å². The number of methoxy groups -OCH3 is 1. The molecule has 146 valence electrons. The van der Waals surface area contributed by atoms with E-state index in [1.54, 1.807) is 7.11 Å². The van der Waals surface area contributed by atoms with Crippen molar-refractivity contribution >= 4 is 5.91 Å². The van der Waals surface area contributed by atoms with E-state index < -0.39 is 0 Å². The van der Waals surface area contributed by atoms with Crippen LogP contribution in [0.3, 0.4) is 0 Å². The number of amides is 1. The molecular formula is C20H29N5O2. The summed E-state index contributed by atoms with van der Waals surface area (Å²) in [5.41, 5.74) is 5.16. The van der Waals surface area contributed by atoms with Crippen LogP contribution in [-0.4, -0.2) is 46.3 Å². The van der Waals surface area contributed by atoms with Crippen LogP contribution >= 0.6 is 0 Å². The van der Waals surface area contributed by atoms with Crippen LogP contribution in [0.15, 0.2) is 12.1 Å². The quantitative estimate of drug-likeness (QED) is 0.841. The number of ether oxygens (including phenoxy) is 1. The first-order valence-corrected chi connectivity index (χ1v) is 9.29. The Morgan fingerprint density at radius 3 is 2.63 bits per heavy atom. The molecule has 0 saturated carbocycles. The Bertz CT molecular complexity index is 845. The van der Waals surface area contributed by atoms with Gasteiger partial charge in [-0.2, -0.15) is 5.10 Å². The Kier molecular flexibility index (Phi) is 5.51. The highest BCUT2D eigenvalue weighted by Crippen LogP contribution is 2.39. The molecule has 3 rings (SSSR count). The fraction of sp³-hybridized carbons (Fsp3) is 0.550. The molecule has 2 atom stereocenters. The van der Waals surface area contributed by atoms with Gasteiger partial charge in [-0.05, 0) is 20.8 Å². The van der Waals surface area contributed by atoms with Crippen molar-refractivity contribution in [3.8, 4) is 5.75 Å². The Balaban J connectivity index is 1.73. The molecule has 0 aliphatic carbocycles. The first-order chi connectivity index (χ1) is 12.8. The number of hydrogen-bond acceptors (Lipinski definition) is 5. The highest BCUT2D eigenvalue weighted by atomic mass is 16.5. The van der Waals surface area contributed by atoms with Gasteiger partial charge in [0, 0.05) is 68.6 Å². The lowest BCUT2D eigenvalue weighted by Crippen LogP contribution is -2.30. The molecule has 1 aliphatic rings. The van der Waals surface area contributed by atoms with Crippen LogP contribution in [0.25, 0.3) is 0 Å². The van der Waals surface area contributed by atoms with Gasteiger partial charge in [0.15, 0.2) is 0 Å². The summed E-state index contributed by atoms with van der Waals surface area (Å²) in [6, 6.07) is 3.91. The van der Waals surface area contributed by atoms with Crippen LogP contribution in [0.2, 0.25) is 0 Å². The number of nitrogens with one attached hydrogen (secondary N) is 1. The first-order valence-electron chi connectivity index (χ1n) is 9.29. The van der Waals surface area contributed by atoms with Crippen molar-refractivity contribution in [3.05, 3.63) is 40.5 Å². The second kappa shape index (κ2) is 7.68. The van der Waals surface area contributed by atoms with Gasteiger partial charge >= 0.3 is 0 Å². The standard InChI is InChI=1S/C20H29N5O2/c1-12-7-17(27-6)9-16(22-12)11-21-10-15-8-18(26)24(4)20(15)19-13(2)23-25(5)14(19)3/h7,9,15,20-21H,8,10-11H2,1-6H3/t15-,20+/m0/s1. The normalized spacial score (nSPS) is 19.8. The van der Waals surface area contributed by atoms with Gasteiger partial charge in [0.05, 0.1) is 24.5 Å². The number of hydrogen-bond donors (Lipinski definition) is 1. The van der Waals surface area contributed by atoms with Crippen LogP contribution in [0.5, 0.6) is 5.75 Å². The van der Waals surface area contributed by atoms with E-state index in [4.69, 9.17) is 4.74 Å². The first kappa shape index (κ1) is 19.4. The van der Waals surface area contributed by atoms with Crippen LogP contribution in [0, 0.1) is 26.7 Å². The van der Waals surface area contributed by atoms with Crippen molar-refractivity contribution in [2.75, 3.05) is 20.7 Å². The summed E-state index contributed by atoms with van der Waals surface area (Å²) in [4.78, 5) is 18.8. The highest BCUT2D eigenvalue weighted by Gasteiger charge is 2.40. The summed E-state index contributed by atoms with van der Waals surface area (Å²) in [6.45, 7) is 7.43. The van der Waals surface area contributed by atoms with Crippen LogP contribution < -0.4 is 10.1 Å². The minimum atomic E-state index is 0.0544. The summed E-state index contributed by atoms with van der Waals surface area (Å²) >= 11 is 0. The monoisotopic (exact) mass is 371 g/mol. The van der Waals surface area contributed by atoms with E-state index in [-0.39, 0.29) is 17.9 Å². The maximum atomic E-state index is 12.4. The summed E-state index contributed by atoms with van der Waals surface area (Å²) in [7, 11) is 5.51. The summed E-state index contributed by atoms with van der Waals surface area (Å²) < 4.78 is 7.22. The van der Waals surface area contributed by atoms with Crippen molar-refractivity contribution in [2.45, 2.75) is 39.8 Å². The van der Waals surface area contributed by atoms with Gasteiger partial charge in [-0.1, -0.05) is 0 Å². The third-order valence-corrected chi connectivity index (χ3v) is 5.48.